The van der Waals surface area contributed by atoms with Crippen LogP contribution in [-0.2, 0) is 37.6 Å². The Kier molecular flexibility index (Phi) is 10.3. The number of aromatic nitrogens is 4. The highest BCUT2D eigenvalue weighted by Gasteiger charge is 2.55. The Morgan fingerprint density at radius 3 is 2.57 bits per heavy atom. The molecule has 0 bridgehead atoms. The SMILES string of the molecule is Cn1c(N)c(N(CCCCN)C(=N)N)c[n+]1CC1=C(C(=O)O)N2C(=O)[C@@H](NC(=O)/C(=N\OC(C)(C)C(=O)O)c3nsc(N)n3)[C@H]2SC1. The highest BCUT2D eigenvalue weighted by Crippen LogP contribution is 2.40. The van der Waals surface area contributed by atoms with Crippen LogP contribution < -0.4 is 37.8 Å². The molecule has 47 heavy (non-hydrogen) atoms. The summed E-state index contributed by atoms with van der Waals surface area (Å²) in [6.07, 6.45) is 3.04. The van der Waals surface area contributed by atoms with Gasteiger partial charge in [-0.25, -0.2) is 9.59 Å². The van der Waals surface area contributed by atoms with Crippen molar-refractivity contribution in [1.82, 2.24) is 24.3 Å². The zero-order chi connectivity index (χ0) is 34.8. The molecule has 2 atom stereocenters. The number of fused-ring (bicyclic) bond motifs is 1. The number of β-lactam (4-membered cyclic amide) rings is 1. The summed E-state index contributed by atoms with van der Waals surface area (Å²) in [5, 5.41) is 32.9. The van der Waals surface area contributed by atoms with Crippen LogP contribution in [0.2, 0.25) is 0 Å². The van der Waals surface area contributed by atoms with E-state index >= 15 is 0 Å². The quantitative estimate of drug-likeness (QED) is 0.0260. The number of aliphatic carboxylic acids is 2. The molecule has 12 N–H and O–H groups in total. The van der Waals surface area contributed by atoms with Gasteiger partial charge in [0, 0.05) is 29.4 Å². The number of oxime groups is 1. The van der Waals surface area contributed by atoms with Crippen molar-refractivity contribution in [3.8, 4) is 0 Å². The Morgan fingerprint density at radius 2 is 2.00 bits per heavy atom. The van der Waals surface area contributed by atoms with Gasteiger partial charge in [0.25, 0.3) is 11.8 Å². The van der Waals surface area contributed by atoms with Gasteiger partial charge in [-0.1, -0.05) is 5.16 Å². The largest absolute Gasteiger partial charge is 0.478 e. The average Bonchev–Trinajstić information content (AvgIpc) is 3.55. The van der Waals surface area contributed by atoms with Gasteiger partial charge in [-0.2, -0.15) is 9.36 Å². The second kappa shape index (κ2) is 13.8. The van der Waals surface area contributed by atoms with Crippen LogP contribution in [0.4, 0.5) is 16.6 Å². The second-order valence-electron chi connectivity index (χ2n) is 11.0. The Balaban J connectivity index is 1.57. The molecule has 0 aliphatic carbocycles. The van der Waals surface area contributed by atoms with Gasteiger partial charge in [0.05, 0.1) is 7.05 Å². The van der Waals surface area contributed by atoms with Crippen molar-refractivity contribution in [3.05, 3.63) is 23.3 Å². The van der Waals surface area contributed by atoms with Crippen molar-refractivity contribution in [2.24, 2.45) is 23.7 Å². The van der Waals surface area contributed by atoms with Gasteiger partial charge in [-0.05, 0) is 33.2 Å². The molecule has 0 aromatic carbocycles. The van der Waals surface area contributed by atoms with Crippen molar-refractivity contribution in [3.63, 3.8) is 0 Å². The molecule has 2 aromatic rings. The molecule has 2 aromatic heterocycles. The number of nitrogen functional groups attached to an aromatic ring is 2. The number of nitrogens with two attached hydrogens (primary N) is 4. The van der Waals surface area contributed by atoms with E-state index in [-0.39, 0.29) is 34.9 Å². The third kappa shape index (κ3) is 7.07. The zero-order valence-corrected chi connectivity index (χ0v) is 27.3. The van der Waals surface area contributed by atoms with Gasteiger partial charge < -0.3 is 48.2 Å². The summed E-state index contributed by atoms with van der Waals surface area (Å²) in [5.41, 5.74) is 21.7. The van der Waals surface area contributed by atoms with Crippen LogP contribution in [0.15, 0.2) is 22.6 Å². The number of nitrogens with zero attached hydrogens (tertiary/aromatic N) is 7. The number of guanidine groups is 1. The fourth-order valence-corrected chi connectivity index (χ4v) is 6.44. The molecule has 254 valence electrons. The number of thioether (sulfide) groups is 1. The van der Waals surface area contributed by atoms with E-state index < -0.39 is 46.5 Å². The molecule has 0 saturated carbocycles. The Labute approximate surface area is 276 Å². The number of hydrogen-bond donors (Lipinski definition) is 8. The van der Waals surface area contributed by atoms with Crippen LogP contribution in [0.1, 0.15) is 32.5 Å². The Bertz CT molecular complexity index is 1670. The van der Waals surface area contributed by atoms with E-state index in [0.717, 1.165) is 22.9 Å². The molecule has 1 saturated heterocycles. The maximum absolute atomic E-state index is 13.3. The summed E-state index contributed by atoms with van der Waals surface area (Å²) in [6, 6.07) is -1.15. The predicted octanol–water partition coefficient (Wildman–Crippen LogP) is -2.21. The van der Waals surface area contributed by atoms with E-state index in [1.54, 1.807) is 22.6 Å². The summed E-state index contributed by atoms with van der Waals surface area (Å²) in [4.78, 5) is 62.2. The molecule has 0 spiro atoms. The first-order valence-corrected chi connectivity index (χ1v) is 15.9. The summed E-state index contributed by atoms with van der Waals surface area (Å²) in [7, 11) is 1.67. The highest BCUT2D eigenvalue weighted by molar-refractivity contribution is 8.00. The van der Waals surface area contributed by atoms with Crippen LogP contribution >= 0.6 is 23.3 Å². The van der Waals surface area contributed by atoms with Gasteiger partial charge in [0.2, 0.25) is 23.3 Å². The normalized spacial score (nSPS) is 18.0. The number of nitrogens with one attached hydrogen (secondary N) is 2. The van der Waals surface area contributed by atoms with Crippen LogP contribution in [0.25, 0.3) is 0 Å². The molecule has 4 rings (SSSR count). The lowest BCUT2D eigenvalue weighted by Crippen LogP contribution is -2.71. The van der Waals surface area contributed by atoms with Crippen molar-refractivity contribution >= 4 is 75.4 Å². The number of carbonyl (C=O) groups excluding carboxylic acids is 2. The van der Waals surface area contributed by atoms with E-state index in [1.807, 2.05) is 0 Å². The highest BCUT2D eigenvalue weighted by atomic mass is 32.2. The van der Waals surface area contributed by atoms with Crippen molar-refractivity contribution < 1.29 is 38.9 Å². The summed E-state index contributed by atoms with van der Waals surface area (Å²) >= 11 is 1.99. The minimum absolute atomic E-state index is 0.000981. The average molecular weight is 695 g/mol. The van der Waals surface area contributed by atoms with E-state index in [1.165, 1.54) is 30.5 Å². The number of rotatable bonds is 14. The molecule has 2 aliphatic rings. The first-order valence-electron chi connectivity index (χ1n) is 14.1. The molecular formula is C25H36N13O7S2+. The summed E-state index contributed by atoms with van der Waals surface area (Å²) < 4.78 is 7.18. The number of amides is 2. The van der Waals surface area contributed by atoms with Crippen LogP contribution in [0.5, 0.6) is 0 Å². The lowest BCUT2D eigenvalue weighted by molar-refractivity contribution is -0.765. The summed E-state index contributed by atoms with van der Waals surface area (Å²) in [6.45, 7) is 3.35. The Hall–Kier alpha value is -4.96. The van der Waals surface area contributed by atoms with E-state index in [9.17, 15) is 29.4 Å². The number of anilines is 3. The molecule has 0 unspecified atom stereocenters. The maximum atomic E-state index is 13.3. The van der Waals surface area contributed by atoms with Crippen LogP contribution in [-0.4, -0.2) is 100 Å². The van der Waals surface area contributed by atoms with Gasteiger partial charge in [0.1, 0.15) is 17.1 Å². The van der Waals surface area contributed by atoms with E-state index in [0.29, 0.717) is 36.6 Å². The maximum Gasteiger partial charge on any atom is 0.352 e. The second-order valence-corrected chi connectivity index (χ2v) is 12.9. The van der Waals surface area contributed by atoms with Crippen molar-refractivity contribution in [2.75, 3.05) is 35.2 Å². The van der Waals surface area contributed by atoms with E-state index in [4.69, 9.17) is 33.2 Å². The lowest BCUT2D eigenvalue weighted by Gasteiger charge is -2.49. The molecule has 2 aliphatic heterocycles. The third-order valence-corrected chi connectivity index (χ3v) is 9.21. The molecule has 4 heterocycles. The van der Waals surface area contributed by atoms with Gasteiger partial charge in [-0.3, -0.25) is 19.9 Å². The summed E-state index contributed by atoms with van der Waals surface area (Å²) in [5.74, 6) is -4.34. The van der Waals surface area contributed by atoms with Crippen LogP contribution in [0, 0.1) is 5.41 Å². The van der Waals surface area contributed by atoms with Crippen molar-refractivity contribution in [2.45, 2.75) is 50.3 Å². The number of hydrogen-bond acceptors (Lipinski definition) is 14. The zero-order valence-electron chi connectivity index (χ0n) is 25.7. The lowest BCUT2D eigenvalue weighted by atomic mass is 10.0. The van der Waals surface area contributed by atoms with Gasteiger partial charge >= 0.3 is 11.9 Å². The molecule has 1 fully saturated rings. The number of unbranched alkanes of at least 4 members (excludes halogenated alkanes) is 1. The minimum atomic E-state index is -1.82. The predicted molar refractivity (Wildman–Crippen MR) is 171 cm³/mol. The standard InChI is InChI=1S/C25H35N13O7S2/c1-25(2,22(43)44)45-33-13(17-32-24(30)47-34-17)18(39)31-14-19(40)38-15(21(41)42)11(10-46-20(14)38)8-36-9-12(16(27)35(36)3)37(23(28)29)7-5-4-6-26/h9,14,20,27H,4-8,10,26H2,1-3H3,(H8,28,29,30,31,32,34,39,41,42,43,44)/p+1/b33-13-/t14-,20-/m1/s1. The third-order valence-electron chi connectivity index (χ3n) is 7.32. The van der Waals surface area contributed by atoms with Crippen LogP contribution in [0.3, 0.4) is 0 Å². The number of carboxylic acids is 2. The first kappa shape index (κ1) is 34.9. The smallest absolute Gasteiger partial charge is 0.352 e. The first-order chi connectivity index (χ1) is 22.1. The number of carbonyl (C=O) groups is 4. The topological polar surface area (TPSA) is 311 Å². The monoisotopic (exact) mass is 694 g/mol. The van der Waals surface area contributed by atoms with Gasteiger partial charge in [-0.15, -0.1) is 21.1 Å². The molecule has 20 nitrogen and oxygen atoms in total. The fourth-order valence-electron chi connectivity index (χ4n) is 4.67. The molecule has 22 heteroatoms. The minimum Gasteiger partial charge on any atom is -0.478 e. The molecule has 2 amide bonds. The van der Waals surface area contributed by atoms with Gasteiger partial charge in [0.15, 0.2) is 29.1 Å². The fraction of sp³-hybridized carbons (Fsp3) is 0.480. The number of carboxylic acid groups (broad SMARTS) is 2. The van der Waals surface area contributed by atoms with Crippen molar-refractivity contribution in [1.29, 1.82) is 5.41 Å². The molecular weight excluding hydrogens is 658 g/mol. The van der Waals surface area contributed by atoms with E-state index in [2.05, 4.69) is 19.8 Å². The molecule has 0 radical (unpaired) electrons. The Morgan fingerprint density at radius 1 is 1.30 bits per heavy atom.